The highest BCUT2D eigenvalue weighted by molar-refractivity contribution is 6.18. The van der Waals surface area contributed by atoms with E-state index in [1.807, 2.05) is 0 Å². The lowest BCUT2D eigenvalue weighted by atomic mass is 9.93. The molecule has 0 amide bonds. The lowest BCUT2D eigenvalue weighted by molar-refractivity contribution is 1.78. The average Bonchev–Trinajstić information content (AvgIpc) is 2.95. The van der Waals surface area contributed by atoms with Crippen LogP contribution >= 0.6 is 0 Å². The van der Waals surface area contributed by atoms with E-state index in [9.17, 15) is 0 Å². The van der Waals surface area contributed by atoms with Crippen LogP contribution in [0.15, 0.2) is 133 Å². The average molecular weight is 479 g/mol. The molecular formula is C38H22. The topological polar surface area (TPSA) is 0 Å². The quantitative estimate of drug-likeness (QED) is 0.150. The number of hydrogen-bond acceptors (Lipinski definition) is 0. The third-order valence-electron chi connectivity index (χ3n) is 8.39. The van der Waals surface area contributed by atoms with Crippen LogP contribution in [0, 0.1) is 0 Å². The summed E-state index contributed by atoms with van der Waals surface area (Å²) in [6, 6.07) is 50.0. The molecule has 0 unspecified atom stereocenters. The molecule has 0 nitrogen and oxygen atoms in total. The fraction of sp³-hybridized carbons (Fsp3) is 0. The summed E-state index contributed by atoms with van der Waals surface area (Å²) in [5.74, 6) is 0. The van der Waals surface area contributed by atoms with Crippen molar-refractivity contribution < 1.29 is 0 Å². The first kappa shape index (κ1) is 20.2. The summed E-state index contributed by atoms with van der Waals surface area (Å²) in [6.07, 6.45) is 0. The van der Waals surface area contributed by atoms with Crippen LogP contribution < -0.4 is 0 Å². The van der Waals surface area contributed by atoms with Gasteiger partial charge in [-0.25, -0.2) is 0 Å². The summed E-state index contributed by atoms with van der Waals surface area (Å²) >= 11 is 0. The summed E-state index contributed by atoms with van der Waals surface area (Å²) in [4.78, 5) is 0. The first-order valence-corrected chi connectivity index (χ1v) is 13.2. The largest absolute Gasteiger partial charge is 0.0616 e. The summed E-state index contributed by atoms with van der Waals surface area (Å²) in [7, 11) is 0. The van der Waals surface area contributed by atoms with Crippen LogP contribution in [0.5, 0.6) is 0 Å². The van der Waals surface area contributed by atoms with Crippen LogP contribution in [-0.4, -0.2) is 0 Å². The molecule has 9 aromatic rings. The van der Waals surface area contributed by atoms with Gasteiger partial charge in [-0.3, -0.25) is 0 Å². The Labute approximate surface area is 219 Å². The van der Waals surface area contributed by atoms with E-state index in [-0.39, 0.29) is 0 Å². The van der Waals surface area contributed by atoms with E-state index in [0.29, 0.717) is 0 Å². The Morgan fingerprint density at radius 3 is 0.737 bits per heavy atom. The van der Waals surface area contributed by atoms with Crippen LogP contribution in [0.25, 0.3) is 86.2 Å². The van der Waals surface area contributed by atoms with Crippen molar-refractivity contribution in [3.63, 3.8) is 0 Å². The highest BCUT2D eigenvalue weighted by Crippen LogP contribution is 2.36. The highest BCUT2D eigenvalue weighted by Gasteiger charge is 2.08. The second-order valence-electron chi connectivity index (χ2n) is 10.7. The second kappa shape index (κ2) is 7.31. The van der Waals surface area contributed by atoms with Gasteiger partial charge in [-0.1, -0.05) is 60.7 Å². The standard InChI is InChI=1S/C38H22/c1-3-7-25-13-31-19-35-21-37-27(15-33(35)17-29(31)11-23(25)5-1)9-10-28-16-34-18-30-12-24-6-2-4-8-26(24)14-32(30)20-36(34)22-38(28)37/h1-22H. The van der Waals surface area contributed by atoms with Crippen molar-refractivity contribution in [1.82, 2.24) is 0 Å². The van der Waals surface area contributed by atoms with Crippen molar-refractivity contribution in [3.8, 4) is 0 Å². The van der Waals surface area contributed by atoms with Gasteiger partial charge in [-0.15, -0.1) is 0 Å². The second-order valence-corrected chi connectivity index (χ2v) is 10.7. The van der Waals surface area contributed by atoms with Crippen LogP contribution in [-0.2, 0) is 0 Å². The molecule has 0 aliphatic carbocycles. The molecule has 0 aliphatic heterocycles. The van der Waals surface area contributed by atoms with Crippen molar-refractivity contribution in [2.75, 3.05) is 0 Å². The van der Waals surface area contributed by atoms with Gasteiger partial charge >= 0.3 is 0 Å². The zero-order valence-electron chi connectivity index (χ0n) is 20.7. The van der Waals surface area contributed by atoms with Crippen LogP contribution in [0.2, 0.25) is 0 Å². The van der Waals surface area contributed by atoms with Crippen molar-refractivity contribution in [2.45, 2.75) is 0 Å². The summed E-state index contributed by atoms with van der Waals surface area (Å²) in [6.45, 7) is 0. The molecule has 9 aromatic carbocycles. The number of benzene rings is 9. The van der Waals surface area contributed by atoms with Gasteiger partial charge in [0.1, 0.15) is 0 Å². The molecule has 0 heteroatoms. The summed E-state index contributed by atoms with van der Waals surface area (Å²) in [5, 5.41) is 20.7. The fourth-order valence-electron chi connectivity index (χ4n) is 6.44. The van der Waals surface area contributed by atoms with Crippen LogP contribution in [0.3, 0.4) is 0 Å². The lowest BCUT2D eigenvalue weighted by Gasteiger charge is -2.11. The fourth-order valence-corrected chi connectivity index (χ4v) is 6.44. The maximum atomic E-state index is 2.39. The van der Waals surface area contributed by atoms with Gasteiger partial charge in [0.05, 0.1) is 0 Å². The van der Waals surface area contributed by atoms with Crippen molar-refractivity contribution >= 4 is 86.2 Å². The third-order valence-corrected chi connectivity index (χ3v) is 8.39. The molecule has 0 saturated heterocycles. The predicted octanol–water partition coefficient (Wildman–Crippen LogP) is 10.9. The molecule has 38 heavy (non-hydrogen) atoms. The van der Waals surface area contributed by atoms with Crippen molar-refractivity contribution in [1.29, 1.82) is 0 Å². The molecule has 0 spiro atoms. The Morgan fingerprint density at radius 2 is 0.421 bits per heavy atom. The first-order chi connectivity index (χ1) is 18.7. The Kier molecular flexibility index (Phi) is 3.88. The first-order valence-electron chi connectivity index (χ1n) is 13.2. The number of fused-ring (bicyclic) bond motifs is 9. The molecule has 0 heterocycles. The van der Waals surface area contributed by atoms with E-state index in [1.54, 1.807) is 0 Å². The monoisotopic (exact) mass is 478 g/mol. The zero-order chi connectivity index (χ0) is 24.8. The Morgan fingerprint density at radius 1 is 0.184 bits per heavy atom. The molecule has 9 rings (SSSR count). The van der Waals surface area contributed by atoms with Gasteiger partial charge in [-0.05, 0) is 159 Å². The minimum absolute atomic E-state index is 1.29. The molecule has 0 N–H and O–H groups in total. The van der Waals surface area contributed by atoms with Gasteiger partial charge in [0.15, 0.2) is 0 Å². The highest BCUT2D eigenvalue weighted by atomic mass is 14.1. The van der Waals surface area contributed by atoms with Crippen molar-refractivity contribution in [3.05, 3.63) is 133 Å². The summed E-state index contributed by atoms with van der Waals surface area (Å²) in [5.41, 5.74) is 0. The Balaban J connectivity index is 1.32. The van der Waals surface area contributed by atoms with Crippen molar-refractivity contribution in [2.24, 2.45) is 0 Å². The van der Waals surface area contributed by atoms with E-state index >= 15 is 0 Å². The molecule has 0 radical (unpaired) electrons. The van der Waals surface area contributed by atoms with E-state index in [2.05, 4.69) is 133 Å². The van der Waals surface area contributed by atoms with Gasteiger partial charge in [0.25, 0.3) is 0 Å². The Bertz CT molecular complexity index is 2270. The van der Waals surface area contributed by atoms with E-state index in [0.717, 1.165) is 0 Å². The van der Waals surface area contributed by atoms with E-state index < -0.39 is 0 Å². The predicted molar refractivity (Wildman–Crippen MR) is 166 cm³/mol. The summed E-state index contributed by atoms with van der Waals surface area (Å²) < 4.78 is 0. The SMILES string of the molecule is c1ccc2cc3cc4cc5c(ccc6cc7cc8cc9ccccc9cc8cc7cc65)cc4cc3cc2c1. The third kappa shape index (κ3) is 2.92. The van der Waals surface area contributed by atoms with E-state index in [1.165, 1.54) is 86.2 Å². The minimum Gasteiger partial charge on any atom is -0.0616 e. The minimum atomic E-state index is 1.29. The zero-order valence-corrected chi connectivity index (χ0v) is 20.7. The molecule has 0 aliphatic rings. The number of hydrogen-bond donors (Lipinski definition) is 0. The van der Waals surface area contributed by atoms with Gasteiger partial charge in [-0.2, -0.15) is 0 Å². The van der Waals surface area contributed by atoms with E-state index in [4.69, 9.17) is 0 Å². The maximum Gasteiger partial charge on any atom is -0.00988 e. The Hall–Kier alpha value is -4.94. The van der Waals surface area contributed by atoms with Crippen LogP contribution in [0.4, 0.5) is 0 Å². The van der Waals surface area contributed by atoms with Gasteiger partial charge in [0, 0.05) is 0 Å². The van der Waals surface area contributed by atoms with Gasteiger partial charge in [0.2, 0.25) is 0 Å². The molecule has 0 atom stereocenters. The van der Waals surface area contributed by atoms with Crippen LogP contribution in [0.1, 0.15) is 0 Å². The lowest BCUT2D eigenvalue weighted by Crippen LogP contribution is -1.84. The van der Waals surface area contributed by atoms with Gasteiger partial charge < -0.3 is 0 Å². The normalized spacial score (nSPS) is 12.2. The molecule has 0 aromatic heterocycles. The maximum absolute atomic E-state index is 2.39. The molecule has 0 bridgehead atoms. The number of rotatable bonds is 0. The molecule has 0 saturated carbocycles. The smallest absolute Gasteiger partial charge is 0.00988 e. The molecular weight excluding hydrogens is 456 g/mol. The molecule has 174 valence electrons. The molecule has 0 fully saturated rings.